The number of rotatable bonds is 4. The Morgan fingerprint density at radius 2 is 1.76 bits per heavy atom. The van der Waals surface area contributed by atoms with Crippen LogP contribution in [0.4, 0.5) is 18.9 Å². The number of hydrogen-bond donors (Lipinski definition) is 1. The lowest BCUT2D eigenvalue weighted by Crippen LogP contribution is -2.19. The number of hydrogen-bond acceptors (Lipinski definition) is 3. The van der Waals surface area contributed by atoms with E-state index < -0.39 is 12.8 Å². The Balaban J connectivity index is 2.27. The van der Waals surface area contributed by atoms with Crippen molar-refractivity contribution in [1.29, 1.82) is 0 Å². The Hall–Kier alpha value is -2.37. The van der Waals surface area contributed by atoms with Crippen LogP contribution >= 0.6 is 0 Å². The summed E-state index contributed by atoms with van der Waals surface area (Å²) in [5.41, 5.74) is 7.65. The summed E-state index contributed by atoms with van der Waals surface area (Å²) in [6.07, 6.45) is -4.38. The minimum atomic E-state index is -4.38. The maximum atomic E-state index is 12.1. The summed E-state index contributed by atoms with van der Waals surface area (Å²) >= 11 is 0. The highest BCUT2D eigenvalue weighted by Gasteiger charge is 2.28. The molecule has 0 atom stereocenters. The molecule has 0 spiro atoms. The van der Waals surface area contributed by atoms with Crippen LogP contribution in [0, 0.1) is 0 Å². The molecule has 21 heavy (non-hydrogen) atoms. The highest BCUT2D eigenvalue weighted by atomic mass is 19.4. The standard InChI is InChI=1S/C15H14F3NO2/c1-20-14-5-3-2-4-12(14)11-7-6-10(8-13(11)19)21-9-15(16,17)18/h2-8H,9,19H2,1H3. The Morgan fingerprint density at radius 3 is 2.38 bits per heavy atom. The lowest BCUT2D eigenvalue weighted by Gasteiger charge is -2.13. The zero-order valence-electron chi connectivity index (χ0n) is 11.3. The molecule has 0 bridgehead atoms. The predicted octanol–water partition coefficient (Wildman–Crippen LogP) is 3.89. The Labute approximate surface area is 120 Å². The second kappa shape index (κ2) is 5.95. The molecule has 0 aliphatic heterocycles. The molecule has 3 nitrogen and oxygen atoms in total. The number of anilines is 1. The number of halogens is 3. The van der Waals surface area contributed by atoms with E-state index in [4.69, 9.17) is 10.5 Å². The van der Waals surface area contributed by atoms with Gasteiger partial charge in [0, 0.05) is 22.9 Å². The van der Waals surface area contributed by atoms with Crippen molar-refractivity contribution in [2.24, 2.45) is 0 Å². The molecule has 2 aromatic carbocycles. The third kappa shape index (κ3) is 3.81. The van der Waals surface area contributed by atoms with E-state index in [0.717, 1.165) is 5.56 Å². The first kappa shape index (κ1) is 15.0. The van der Waals surface area contributed by atoms with E-state index in [-0.39, 0.29) is 5.75 Å². The van der Waals surface area contributed by atoms with Crippen LogP contribution in [0.1, 0.15) is 0 Å². The fraction of sp³-hybridized carbons (Fsp3) is 0.200. The number of nitrogen functional groups attached to an aromatic ring is 1. The van der Waals surface area contributed by atoms with Crippen LogP contribution in [-0.2, 0) is 0 Å². The maximum absolute atomic E-state index is 12.1. The molecule has 0 saturated heterocycles. The summed E-state index contributed by atoms with van der Waals surface area (Å²) in [6, 6.07) is 11.7. The summed E-state index contributed by atoms with van der Waals surface area (Å²) in [7, 11) is 1.54. The van der Waals surface area contributed by atoms with Gasteiger partial charge in [0.25, 0.3) is 0 Å². The molecule has 112 valence electrons. The molecule has 0 amide bonds. The van der Waals surface area contributed by atoms with Gasteiger partial charge in [-0.15, -0.1) is 0 Å². The minimum Gasteiger partial charge on any atom is -0.496 e. The van der Waals surface area contributed by atoms with Crippen LogP contribution in [0.25, 0.3) is 11.1 Å². The topological polar surface area (TPSA) is 44.5 Å². The largest absolute Gasteiger partial charge is 0.496 e. The van der Waals surface area contributed by atoms with Gasteiger partial charge in [0.15, 0.2) is 6.61 Å². The molecule has 0 fully saturated rings. The minimum absolute atomic E-state index is 0.0727. The van der Waals surface area contributed by atoms with Crippen molar-refractivity contribution in [2.45, 2.75) is 6.18 Å². The summed E-state index contributed by atoms with van der Waals surface area (Å²) in [4.78, 5) is 0. The van der Waals surface area contributed by atoms with Gasteiger partial charge in [-0.25, -0.2) is 0 Å². The monoisotopic (exact) mass is 297 g/mol. The van der Waals surface area contributed by atoms with Crippen molar-refractivity contribution in [2.75, 3.05) is 19.5 Å². The number of alkyl halides is 3. The zero-order chi connectivity index (χ0) is 15.5. The van der Waals surface area contributed by atoms with Crippen molar-refractivity contribution in [3.05, 3.63) is 42.5 Å². The van der Waals surface area contributed by atoms with Crippen LogP contribution in [-0.4, -0.2) is 19.9 Å². The van der Waals surface area contributed by atoms with Crippen molar-refractivity contribution >= 4 is 5.69 Å². The van der Waals surface area contributed by atoms with E-state index in [1.165, 1.54) is 19.2 Å². The fourth-order valence-electron chi connectivity index (χ4n) is 1.91. The molecule has 0 aliphatic rings. The number of methoxy groups -OCH3 is 1. The zero-order valence-corrected chi connectivity index (χ0v) is 11.3. The smallest absolute Gasteiger partial charge is 0.422 e. The quantitative estimate of drug-likeness (QED) is 0.871. The Kier molecular flexibility index (Phi) is 4.26. The van der Waals surface area contributed by atoms with Gasteiger partial charge in [0.2, 0.25) is 0 Å². The van der Waals surface area contributed by atoms with Gasteiger partial charge >= 0.3 is 6.18 Å². The van der Waals surface area contributed by atoms with Gasteiger partial charge in [0.1, 0.15) is 11.5 Å². The van der Waals surface area contributed by atoms with Crippen molar-refractivity contribution < 1.29 is 22.6 Å². The second-order valence-corrected chi connectivity index (χ2v) is 4.35. The molecule has 0 aliphatic carbocycles. The molecule has 6 heteroatoms. The van der Waals surface area contributed by atoms with Gasteiger partial charge in [0.05, 0.1) is 7.11 Å². The first-order valence-electron chi connectivity index (χ1n) is 6.13. The maximum Gasteiger partial charge on any atom is 0.422 e. The van der Waals surface area contributed by atoms with E-state index in [0.29, 0.717) is 17.0 Å². The molecule has 0 saturated carbocycles. The van der Waals surface area contributed by atoms with E-state index in [9.17, 15) is 13.2 Å². The molecule has 0 unspecified atom stereocenters. The van der Waals surface area contributed by atoms with E-state index >= 15 is 0 Å². The number of nitrogens with two attached hydrogens (primary N) is 1. The Morgan fingerprint density at radius 1 is 1.05 bits per heavy atom. The molecule has 0 aromatic heterocycles. The lowest BCUT2D eigenvalue weighted by molar-refractivity contribution is -0.153. The lowest BCUT2D eigenvalue weighted by atomic mass is 10.0. The summed E-state index contributed by atoms with van der Waals surface area (Å²) in [5.74, 6) is 0.705. The first-order valence-corrected chi connectivity index (χ1v) is 6.13. The predicted molar refractivity (Wildman–Crippen MR) is 74.4 cm³/mol. The molecule has 2 N–H and O–H groups in total. The van der Waals surface area contributed by atoms with Crippen LogP contribution < -0.4 is 15.2 Å². The van der Waals surface area contributed by atoms with Gasteiger partial charge in [-0.2, -0.15) is 13.2 Å². The third-order valence-corrected chi connectivity index (χ3v) is 2.82. The average Bonchev–Trinajstić information content (AvgIpc) is 2.44. The SMILES string of the molecule is COc1ccccc1-c1ccc(OCC(F)(F)F)cc1N. The van der Waals surface area contributed by atoms with Crippen molar-refractivity contribution in [3.8, 4) is 22.6 Å². The van der Waals surface area contributed by atoms with E-state index in [1.54, 1.807) is 12.1 Å². The van der Waals surface area contributed by atoms with Crippen LogP contribution in [0.15, 0.2) is 42.5 Å². The van der Waals surface area contributed by atoms with E-state index in [1.807, 2.05) is 18.2 Å². The fourth-order valence-corrected chi connectivity index (χ4v) is 1.91. The average molecular weight is 297 g/mol. The number of ether oxygens (including phenoxy) is 2. The summed E-state index contributed by atoms with van der Waals surface area (Å²) in [6.45, 7) is -1.35. The van der Waals surface area contributed by atoms with Crippen molar-refractivity contribution in [1.82, 2.24) is 0 Å². The van der Waals surface area contributed by atoms with Gasteiger partial charge in [-0.1, -0.05) is 18.2 Å². The normalized spacial score (nSPS) is 11.2. The summed E-state index contributed by atoms with van der Waals surface area (Å²) in [5, 5.41) is 0. The highest BCUT2D eigenvalue weighted by Crippen LogP contribution is 2.35. The Bertz CT molecular complexity index is 627. The van der Waals surface area contributed by atoms with E-state index in [2.05, 4.69) is 4.74 Å². The van der Waals surface area contributed by atoms with Gasteiger partial charge in [-0.05, 0) is 18.2 Å². The molecule has 0 heterocycles. The molecule has 0 radical (unpaired) electrons. The van der Waals surface area contributed by atoms with Crippen LogP contribution in [0.2, 0.25) is 0 Å². The molecule has 2 rings (SSSR count). The number of benzene rings is 2. The third-order valence-electron chi connectivity index (χ3n) is 2.82. The summed E-state index contributed by atoms with van der Waals surface area (Å²) < 4.78 is 46.2. The molecular weight excluding hydrogens is 283 g/mol. The van der Waals surface area contributed by atoms with Crippen molar-refractivity contribution in [3.63, 3.8) is 0 Å². The van der Waals surface area contributed by atoms with Gasteiger partial charge in [-0.3, -0.25) is 0 Å². The van der Waals surface area contributed by atoms with Gasteiger partial charge < -0.3 is 15.2 Å². The molecule has 2 aromatic rings. The highest BCUT2D eigenvalue weighted by molar-refractivity contribution is 5.81. The van der Waals surface area contributed by atoms with Crippen LogP contribution in [0.3, 0.4) is 0 Å². The second-order valence-electron chi connectivity index (χ2n) is 4.35. The molecular formula is C15H14F3NO2. The first-order chi connectivity index (χ1) is 9.90. The van der Waals surface area contributed by atoms with Crippen LogP contribution in [0.5, 0.6) is 11.5 Å². The number of para-hydroxylation sites is 1.